The normalized spacial score (nSPS) is 20.4. The smallest absolute Gasteiger partial charge is 0.410 e. The minimum absolute atomic E-state index is 0.0628. The molecular formula is C12H19NO5. The first-order valence-electron chi connectivity index (χ1n) is 5.85. The van der Waals surface area contributed by atoms with E-state index in [1.165, 1.54) is 11.8 Å². The van der Waals surface area contributed by atoms with Gasteiger partial charge in [-0.15, -0.1) is 0 Å². The van der Waals surface area contributed by atoms with Crippen molar-refractivity contribution in [3.05, 3.63) is 0 Å². The Bertz CT molecular complexity index is 358. The van der Waals surface area contributed by atoms with Crippen LogP contribution in [0.15, 0.2) is 0 Å². The van der Waals surface area contributed by atoms with Crippen molar-refractivity contribution >= 4 is 17.7 Å². The zero-order chi connectivity index (χ0) is 13.9. The summed E-state index contributed by atoms with van der Waals surface area (Å²) >= 11 is 0. The molecule has 0 aromatic rings. The van der Waals surface area contributed by atoms with Gasteiger partial charge >= 0.3 is 6.09 Å². The molecule has 1 atom stereocenters. The Kier molecular flexibility index (Phi) is 4.45. The summed E-state index contributed by atoms with van der Waals surface area (Å²) in [4.78, 5) is 35.7. The van der Waals surface area contributed by atoms with Crippen molar-refractivity contribution < 1.29 is 23.9 Å². The molecule has 1 unspecified atom stereocenters. The molecule has 1 aliphatic rings. The Balaban J connectivity index is 2.61. The molecule has 0 saturated carbocycles. The highest BCUT2D eigenvalue weighted by molar-refractivity contribution is 6.38. The maximum absolute atomic E-state index is 11.8. The highest BCUT2D eigenvalue weighted by atomic mass is 16.6. The molecule has 0 aromatic carbocycles. The fourth-order valence-corrected chi connectivity index (χ4v) is 1.53. The van der Waals surface area contributed by atoms with E-state index in [1.807, 2.05) is 0 Å². The number of hydrogen-bond acceptors (Lipinski definition) is 5. The summed E-state index contributed by atoms with van der Waals surface area (Å²) in [5.74, 6) is -1.17. The predicted octanol–water partition coefficient (Wildman–Crippen LogP) is 0.780. The van der Waals surface area contributed by atoms with Gasteiger partial charge in [0.25, 0.3) is 0 Å². The molecule has 1 saturated heterocycles. The SMILES string of the molecule is CC(=O)C(=O)C1CN(C(=O)OC(C)(C)C)CCO1. The lowest BCUT2D eigenvalue weighted by Gasteiger charge is -2.33. The molecule has 102 valence electrons. The quantitative estimate of drug-likeness (QED) is 0.683. The topological polar surface area (TPSA) is 72.9 Å². The van der Waals surface area contributed by atoms with E-state index >= 15 is 0 Å². The summed E-state index contributed by atoms with van der Waals surface area (Å²) in [6.07, 6.45) is -1.36. The van der Waals surface area contributed by atoms with Crippen molar-refractivity contribution in [1.82, 2.24) is 4.90 Å². The second-order valence-electron chi connectivity index (χ2n) is 5.21. The number of nitrogens with zero attached hydrogens (tertiary/aromatic N) is 1. The van der Waals surface area contributed by atoms with Crippen LogP contribution in [0.4, 0.5) is 4.79 Å². The van der Waals surface area contributed by atoms with Gasteiger partial charge in [-0.25, -0.2) is 4.79 Å². The van der Waals surface area contributed by atoms with Gasteiger partial charge in [-0.05, 0) is 20.8 Å². The number of carbonyl (C=O) groups is 3. The zero-order valence-electron chi connectivity index (χ0n) is 11.2. The van der Waals surface area contributed by atoms with E-state index in [4.69, 9.17) is 9.47 Å². The van der Waals surface area contributed by atoms with Crippen LogP contribution in [0.3, 0.4) is 0 Å². The molecule has 0 spiro atoms. The molecule has 6 nitrogen and oxygen atoms in total. The minimum atomic E-state index is -0.872. The molecule has 1 fully saturated rings. The molecule has 0 bridgehead atoms. The van der Waals surface area contributed by atoms with Crippen LogP contribution in [0.25, 0.3) is 0 Å². The van der Waals surface area contributed by atoms with Crippen molar-refractivity contribution in [2.45, 2.75) is 39.4 Å². The average Bonchev–Trinajstić information content (AvgIpc) is 2.25. The van der Waals surface area contributed by atoms with Crippen molar-refractivity contribution in [2.24, 2.45) is 0 Å². The summed E-state index contributed by atoms with van der Waals surface area (Å²) in [6.45, 7) is 7.14. The molecule has 18 heavy (non-hydrogen) atoms. The van der Waals surface area contributed by atoms with E-state index in [2.05, 4.69) is 0 Å². The average molecular weight is 257 g/mol. The maximum Gasteiger partial charge on any atom is 0.410 e. The van der Waals surface area contributed by atoms with E-state index in [9.17, 15) is 14.4 Å². The second kappa shape index (κ2) is 5.48. The maximum atomic E-state index is 11.8. The molecule has 6 heteroatoms. The number of rotatable bonds is 2. The van der Waals surface area contributed by atoms with Crippen LogP contribution in [0.5, 0.6) is 0 Å². The van der Waals surface area contributed by atoms with E-state index in [1.54, 1.807) is 20.8 Å². The Morgan fingerprint density at radius 2 is 1.89 bits per heavy atom. The van der Waals surface area contributed by atoms with Crippen molar-refractivity contribution in [2.75, 3.05) is 19.7 Å². The lowest BCUT2D eigenvalue weighted by atomic mass is 10.1. The van der Waals surface area contributed by atoms with E-state index in [-0.39, 0.29) is 13.2 Å². The van der Waals surface area contributed by atoms with E-state index in [0.717, 1.165) is 0 Å². The fraction of sp³-hybridized carbons (Fsp3) is 0.750. The van der Waals surface area contributed by atoms with Gasteiger partial charge in [0.15, 0.2) is 5.78 Å². The zero-order valence-corrected chi connectivity index (χ0v) is 11.2. The highest BCUT2D eigenvalue weighted by Gasteiger charge is 2.33. The number of hydrogen-bond donors (Lipinski definition) is 0. The van der Waals surface area contributed by atoms with Crippen LogP contribution in [-0.4, -0.2) is 54.0 Å². The Morgan fingerprint density at radius 3 is 2.39 bits per heavy atom. The third-order valence-corrected chi connectivity index (χ3v) is 2.36. The second-order valence-corrected chi connectivity index (χ2v) is 5.21. The number of morpholine rings is 1. The first-order valence-corrected chi connectivity index (χ1v) is 5.85. The third kappa shape index (κ3) is 4.10. The van der Waals surface area contributed by atoms with Crippen molar-refractivity contribution in [3.63, 3.8) is 0 Å². The number of carbonyl (C=O) groups excluding carboxylic acids is 3. The lowest BCUT2D eigenvalue weighted by molar-refractivity contribution is -0.146. The molecule has 1 heterocycles. The van der Waals surface area contributed by atoms with Crippen molar-refractivity contribution in [3.8, 4) is 0 Å². The Morgan fingerprint density at radius 1 is 1.28 bits per heavy atom. The first kappa shape index (κ1) is 14.6. The van der Waals surface area contributed by atoms with Crippen LogP contribution in [-0.2, 0) is 19.1 Å². The van der Waals surface area contributed by atoms with Crippen LogP contribution in [0, 0.1) is 0 Å². The van der Waals surface area contributed by atoms with Crippen LogP contribution in [0.2, 0.25) is 0 Å². The summed E-state index contributed by atoms with van der Waals surface area (Å²) in [6, 6.07) is 0. The molecule has 0 radical (unpaired) electrons. The molecule has 1 amide bonds. The summed E-state index contributed by atoms with van der Waals surface area (Å²) < 4.78 is 10.4. The van der Waals surface area contributed by atoms with Gasteiger partial charge in [0.2, 0.25) is 5.78 Å². The van der Waals surface area contributed by atoms with Crippen LogP contribution >= 0.6 is 0 Å². The van der Waals surface area contributed by atoms with Gasteiger partial charge in [0.05, 0.1) is 13.2 Å². The van der Waals surface area contributed by atoms with Gasteiger partial charge in [-0.2, -0.15) is 0 Å². The van der Waals surface area contributed by atoms with Gasteiger partial charge in [-0.3, -0.25) is 9.59 Å². The lowest BCUT2D eigenvalue weighted by Crippen LogP contribution is -2.51. The molecule has 0 aliphatic carbocycles. The number of ketones is 2. The van der Waals surface area contributed by atoms with Gasteiger partial charge in [0, 0.05) is 13.5 Å². The highest BCUT2D eigenvalue weighted by Crippen LogP contribution is 2.13. The number of ether oxygens (including phenoxy) is 2. The van der Waals surface area contributed by atoms with Gasteiger partial charge in [-0.1, -0.05) is 0 Å². The largest absolute Gasteiger partial charge is 0.444 e. The Labute approximate surface area is 106 Å². The molecule has 0 N–H and O–H groups in total. The number of amides is 1. The monoisotopic (exact) mass is 257 g/mol. The van der Waals surface area contributed by atoms with E-state index < -0.39 is 29.4 Å². The molecular weight excluding hydrogens is 238 g/mol. The molecule has 0 aromatic heterocycles. The van der Waals surface area contributed by atoms with Gasteiger partial charge in [0.1, 0.15) is 11.7 Å². The van der Waals surface area contributed by atoms with Crippen LogP contribution in [0.1, 0.15) is 27.7 Å². The molecule has 1 aliphatic heterocycles. The molecule has 1 rings (SSSR count). The minimum Gasteiger partial charge on any atom is -0.444 e. The van der Waals surface area contributed by atoms with Gasteiger partial charge < -0.3 is 14.4 Å². The van der Waals surface area contributed by atoms with E-state index in [0.29, 0.717) is 6.54 Å². The van der Waals surface area contributed by atoms with Crippen LogP contribution < -0.4 is 0 Å². The Hall–Kier alpha value is -1.43. The standard InChI is InChI=1S/C12H19NO5/c1-8(14)10(15)9-7-13(5-6-17-9)11(16)18-12(2,3)4/h9H,5-7H2,1-4H3. The number of Topliss-reactive ketones (excluding diaryl/α,β-unsaturated/α-hetero) is 2. The summed E-state index contributed by atoms with van der Waals surface area (Å²) in [7, 11) is 0. The third-order valence-electron chi connectivity index (χ3n) is 2.36. The predicted molar refractivity (Wildman–Crippen MR) is 63.2 cm³/mol. The van der Waals surface area contributed by atoms with Crippen molar-refractivity contribution in [1.29, 1.82) is 0 Å². The summed E-state index contributed by atoms with van der Waals surface area (Å²) in [5.41, 5.74) is -0.588. The summed E-state index contributed by atoms with van der Waals surface area (Å²) in [5, 5.41) is 0. The first-order chi connectivity index (χ1) is 8.20. The fourth-order valence-electron chi connectivity index (χ4n) is 1.53.